The molecular formula is C29H22N2O5S. The number of esters is 1. The molecule has 0 atom stereocenters. The van der Waals surface area contributed by atoms with E-state index in [1.165, 1.54) is 23.6 Å². The standard InChI is InChI=1S/C29H22N2O5S/c1-17(32)36-25-13-10-18(14-23(25)28(33)34)15-31-16-24(27(37)30-29(31)35)26-21-8-4-2-6-19(21)11-12-20-7-3-5-9-22(20)26/h2-14,16,26H,15H2,1H3,(H,33,34)(H,30,35,37). The first-order chi connectivity index (χ1) is 17.8. The van der Waals surface area contributed by atoms with Gasteiger partial charge < -0.3 is 9.84 Å². The van der Waals surface area contributed by atoms with E-state index >= 15 is 0 Å². The number of hydrogen-bond donors (Lipinski definition) is 2. The van der Waals surface area contributed by atoms with Crippen LogP contribution in [0.3, 0.4) is 0 Å². The molecule has 1 aliphatic rings. The zero-order valence-corrected chi connectivity index (χ0v) is 20.6. The molecular weight excluding hydrogens is 488 g/mol. The summed E-state index contributed by atoms with van der Waals surface area (Å²) in [5, 5.41) is 9.60. The highest BCUT2D eigenvalue weighted by molar-refractivity contribution is 7.71. The van der Waals surface area contributed by atoms with Gasteiger partial charge in [0.2, 0.25) is 0 Å². The number of aromatic carboxylic acids is 1. The lowest BCUT2D eigenvalue weighted by Crippen LogP contribution is -2.25. The van der Waals surface area contributed by atoms with E-state index < -0.39 is 17.6 Å². The Hall–Kier alpha value is -4.56. The van der Waals surface area contributed by atoms with Gasteiger partial charge in [-0.1, -0.05) is 79.0 Å². The van der Waals surface area contributed by atoms with Crippen LogP contribution in [-0.2, 0) is 11.3 Å². The summed E-state index contributed by atoms with van der Waals surface area (Å²) in [7, 11) is 0. The summed E-state index contributed by atoms with van der Waals surface area (Å²) in [4.78, 5) is 38.8. The van der Waals surface area contributed by atoms with Gasteiger partial charge in [0.05, 0.1) is 6.54 Å². The zero-order chi connectivity index (χ0) is 26.1. The number of ether oxygens (including phenoxy) is 1. The fraction of sp³-hybridized carbons (Fsp3) is 0.103. The number of aromatic nitrogens is 2. The number of aromatic amines is 1. The number of nitrogens with one attached hydrogen (secondary N) is 1. The molecule has 1 heterocycles. The van der Waals surface area contributed by atoms with Crippen molar-refractivity contribution in [2.45, 2.75) is 19.4 Å². The van der Waals surface area contributed by atoms with Gasteiger partial charge in [-0.25, -0.2) is 9.59 Å². The van der Waals surface area contributed by atoms with Crippen LogP contribution < -0.4 is 10.4 Å². The Balaban J connectivity index is 1.62. The van der Waals surface area contributed by atoms with Gasteiger partial charge in [0, 0.05) is 24.6 Å². The lowest BCUT2D eigenvalue weighted by Gasteiger charge is -2.22. The van der Waals surface area contributed by atoms with Crippen molar-refractivity contribution in [1.29, 1.82) is 0 Å². The van der Waals surface area contributed by atoms with Crippen LogP contribution >= 0.6 is 12.2 Å². The number of nitrogens with zero attached hydrogens (tertiary/aromatic N) is 1. The molecule has 0 spiro atoms. The van der Waals surface area contributed by atoms with Gasteiger partial charge in [-0.3, -0.25) is 14.3 Å². The fourth-order valence-electron chi connectivity index (χ4n) is 4.67. The minimum absolute atomic E-state index is 0.0524. The average molecular weight is 511 g/mol. The number of H-pyrrole nitrogens is 1. The molecule has 184 valence electrons. The minimum Gasteiger partial charge on any atom is -0.478 e. The predicted molar refractivity (Wildman–Crippen MR) is 142 cm³/mol. The molecule has 0 amide bonds. The molecule has 1 aliphatic carbocycles. The number of carbonyl (C=O) groups excluding carboxylic acids is 1. The van der Waals surface area contributed by atoms with Crippen molar-refractivity contribution >= 4 is 36.3 Å². The number of rotatable bonds is 5. The summed E-state index contributed by atoms with van der Waals surface area (Å²) < 4.78 is 6.83. The quantitative estimate of drug-likeness (QED) is 0.190. The van der Waals surface area contributed by atoms with E-state index in [1.807, 2.05) is 36.4 Å². The number of carbonyl (C=O) groups is 2. The van der Waals surface area contributed by atoms with Crippen molar-refractivity contribution in [3.8, 4) is 5.75 Å². The Labute approximate surface area is 217 Å². The van der Waals surface area contributed by atoms with E-state index in [-0.39, 0.29) is 23.8 Å². The van der Waals surface area contributed by atoms with Crippen LogP contribution in [-0.4, -0.2) is 26.6 Å². The van der Waals surface area contributed by atoms with Gasteiger partial charge in [-0.05, 0) is 39.9 Å². The number of benzene rings is 3. The molecule has 0 aliphatic heterocycles. The van der Waals surface area contributed by atoms with Gasteiger partial charge in [-0.2, -0.15) is 0 Å². The maximum atomic E-state index is 12.9. The monoisotopic (exact) mass is 510 g/mol. The summed E-state index contributed by atoms with van der Waals surface area (Å²) in [5.74, 6) is -2.13. The molecule has 0 unspecified atom stereocenters. The van der Waals surface area contributed by atoms with Crippen molar-refractivity contribution in [2.75, 3.05) is 0 Å². The maximum Gasteiger partial charge on any atom is 0.339 e. The molecule has 37 heavy (non-hydrogen) atoms. The molecule has 0 radical (unpaired) electrons. The molecule has 7 nitrogen and oxygen atoms in total. The number of carboxylic acid groups (broad SMARTS) is 1. The predicted octanol–water partition coefficient (Wildman–Crippen LogP) is 5.24. The first kappa shape index (κ1) is 24.1. The van der Waals surface area contributed by atoms with Crippen molar-refractivity contribution < 1.29 is 19.4 Å². The molecule has 0 saturated carbocycles. The van der Waals surface area contributed by atoms with Crippen LogP contribution in [0.4, 0.5) is 0 Å². The number of carboxylic acids is 1. The van der Waals surface area contributed by atoms with Gasteiger partial charge in [0.1, 0.15) is 16.0 Å². The van der Waals surface area contributed by atoms with Crippen LogP contribution in [0.15, 0.2) is 77.7 Å². The van der Waals surface area contributed by atoms with Crippen LogP contribution in [0.5, 0.6) is 5.75 Å². The van der Waals surface area contributed by atoms with Crippen LogP contribution in [0.2, 0.25) is 0 Å². The molecule has 5 rings (SSSR count). The second-order valence-electron chi connectivity index (χ2n) is 8.73. The van der Waals surface area contributed by atoms with E-state index in [0.717, 1.165) is 27.8 Å². The largest absolute Gasteiger partial charge is 0.478 e. The van der Waals surface area contributed by atoms with Gasteiger partial charge >= 0.3 is 17.6 Å². The minimum atomic E-state index is -1.24. The number of hydrogen-bond acceptors (Lipinski definition) is 5. The topological polar surface area (TPSA) is 101 Å². The Morgan fingerprint density at radius 1 is 0.973 bits per heavy atom. The van der Waals surface area contributed by atoms with Gasteiger partial charge in [0.25, 0.3) is 0 Å². The lowest BCUT2D eigenvalue weighted by atomic mass is 9.83. The summed E-state index contributed by atoms with van der Waals surface area (Å²) >= 11 is 5.64. The highest BCUT2D eigenvalue weighted by Crippen LogP contribution is 2.39. The second-order valence-corrected chi connectivity index (χ2v) is 9.13. The van der Waals surface area contributed by atoms with E-state index in [1.54, 1.807) is 12.3 Å². The molecule has 2 N–H and O–H groups in total. The Bertz CT molecular complexity index is 1650. The van der Waals surface area contributed by atoms with E-state index in [4.69, 9.17) is 17.0 Å². The molecule has 8 heteroatoms. The van der Waals surface area contributed by atoms with Crippen LogP contribution in [0, 0.1) is 4.64 Å². The SMILES string of the molecule is CC(=O)Oc1ccc(Cn2cc(C3c4ccccc4C=Cc4ccccc43)c(=S)[nH]c2=O)cc1C(=O)O. The maximum absolute atomic E-state index is 12.9. The molecule has 1 aromatic heterocycles. The molecule has 0 saturated heterocycles. The average Bonchev–Trinajstić information content (AvgIpc) is 3.03. The third kappa shape index (κ3) is 4.79. The summed E-state index contributed by atoms with van der Waals surface area (Å²) in [6.07, 6.45) is 5.90. The van der Waals surface area contributed by atoms with Crippen molar-refractivity contribution in [3.63, 3.8) is 0 Å². The molecule has 3 aromatic carbocycles. The highest BCUT2D eigenvalue weighted by atomic mass is 32.1. The first-order valence-electron chi connectivity index (χ1n) is 11.6. The van der Waals surface area contributed by atoms with E-state index in [2.05, 4.69) is 29.3 Å². The Morgan fingerprint density at radius 3 is 2.19 bits per heavy atom. The summed E-state index contributed by atoms with van der Waals surface area (Å²) in [6.45, 7) is 1.29. The molecule has 4 aromatic rings. The van der Waals surface area contributed by atoms with Crippen LogP contribution in [0.1, 0.15) is 56.6 Å². The third-order valence-corrected chi connectivity index (χ3v) is 6.62. The smallest absolute Gasteiger partial charge is 0.339 e. The van der Waals surface area contributed by atoms with Crippen molar-refractivity contribution in [2.24, 2.45) is 0 Å². The molecule has 0 fully saturated rings. The molecule has 0 bridgehead atoms. The fourth-order valence-corrected chi connectivity index (χ4v) is 4.92. The third-order valence-electron chi connectivity index (χ3n) is 6.29. The Morgan fingerprint density at radius 2 is 1.59 bits per heavy atom. The van der Waals surface area contributed by atoms with E-state index in [9.17, 15) is 19.5 Å². The van der Waals surface area contributed by atoms with Crippen LogP contribution in [0.25, 0.3) is 12.2 Å². The second kappa shape index (κ2) is 9.83. The number of fused-ring (bicyclic) bond motifs is 2. The lowest BCUT2D eigenvalue weighted by molar-refractivity contribution is -0.131. The Kier molecular flexibility index (Phi) is 6.42. The van der Waals surface area contributed by atoms with E-state index in [0.29, 0.717) is 10.2 Å². The van der Waals surface area contributed by atoms with Crippen molar-refractivity contribution in [1.82, 2.24) is 9.55 Å². The van der Waals surface area contributed by atoms with Crippen molar-refractivity contribution in [3.05, 3.63) is 127 Å². The normalized spacial score (nSPS) is 12.4. The summed E-state index contributed by atoms with van der Waals surface area (Å²) in [5.41, 5.74) is 4.97. The van der Waals surface area contributed by atoms with Gasteiger partial charge in [-0.15, -0.1) is 0 Å². The summed E-state index contributed by atoms with van der Waals surface area (Å²) in [6, 6.07) is 20.6. The van der Waals surface area contributed by atoms with Gasteiger partial charge in [0.15, 0.2) is 0 Å². The highest BCUT2D eigenvalue weighted by Gasteiger charge is 2.25. The first-order valence-corrected chi connectivity index (χ1v) is 12.0. The zero-order valence-electron chi connectivity index (χ0n) is 19.8.